The van der Waals surface area contributed by atoms with Crippen molar-refractivity contribution in [2.75, 3.05) is 23.9 Å². The van der Waals surface area contributed by atoms with Crippen LogP contribution in [0.1, 0.15) is 99.4 Å². The summed E-state index contributed by atoms with van der Waals surface area (Å²) in [4.78, 5) is 19.1. The van der Waals surface area contributed by atoms with Crippen molar-refractivity contribution in [1.82, 2.24) is 19.9 Å². The molecule has 0 radical (unpaired) electrons. The van der Waals surface area contributed by atoms with Crippen molar-refractivity contribution in [1.29, 1.82) is 0 Å². The molecule has 2 N–H and O–H groups in total. The highest BCUT2D eigenvalue weighted by atomic mass is 79.9. The van der Waals surface area contributed by atoms with Crippen LogP contribution in [0, 0.1) is 13.8 Å². The van der Waals surface area contributed by atoms with E-state index in [1.54, 1.807) is 0 Å². The van der Waals surface area contributed by atoms with Gasteiger partial charge in [0.05, 0.1) is 47.0 Å². The summed E-state index contributed by atoms with van der Waals surface area (Å²) in [5.41, 5.74) is 22.5. The topological polar surface area (TPSA) is 75.8 Å². The van der Waals surface area contributed by atoms with Crippen LogP contribution < -0.4 is 9.47 Å². The summed E-state index contributed by atoms with van der Waals surface area (Å²) in [5, 5.41) is 1.53. The molecule has 0 atom stereocenters. The lowest BCUT2D eigenvalue weighted by Crippen LogP contribution is -1.98. The number of rotatable bonds is 12. The first-order valence-electron chi connectivity index (χ1n) is 20.0. The van der Waals surface area contributed by atoms with Crippen molar-refractivity contribution in [3.8, 4) is 33.8 Å². The molecule has 56 heavy (non-hydrogen) atoms. The number of aryl methyl sites for hydroxylation is 4. The lowest BCUT2D eigenvalue weighted by atomic mass is 9.95. The highest BCUT2D eigenvalue weighted by molar-refractivity contribution is 9.09. The number of allylic oxidation sites excluding steroid dienone is 4. The number of alkyl halides is 2. The normalized spacial score (nSPS) is 12.9. The van der Waals surface area contributed by atoms with Gasteiger partial charge >= 0.3 is 0 Å². The quantitative estimate of drug-likeness (QED) is 0.122. The van der Waals surface area contributed by atoms with Crippen molar-refractivity contribution in [2.24, 2.45) is 0 Å². The van der Waals surface area contributed by atoms with E-state index in [9.17, 15) is 0 Å². The van der Waals surface area contributed by atoms with E-state index in [1.807, 2.05) is 12.1 Å². The fraction of sp³-hybridized carbons (Fsp3) is 0.333. The average Bonchev–Trinajstić information content (AvgIpc) is 3.89. The number of hydrogen-bond donors (Lipinski definition) is 2. The van der Waals surface area contributed by atoms with Crippen LogP contribution in [-0.2, 0) is 12.8 Å². The van der Waals surface area contributed by atoms with Gasteiger partial charge in [0.1, 0.15) is 11.5 Å². The lowest BCUT2D eigenvalue weighted by Gasteiger charge is -2.11. The summed E-state index contributed by atoms with van der Waals surface area (Å²) in [6.45, 7) is 19.1. The molecule has 2 aliphatic heterocycles. The number of aromatic nitrogens is 4. The molecule has 0 fully saturated rings. The Morgan fingerprint density at radius 1 is 0.554 bits per heavy atom. The Kier molecular flexibility index (Phi) is 12.1. The maximum absolute atomic E-state index is 6.15. The number of benzene rings is 2. The smallest absolute Gasteiger partial charge is 0.119 e. The molecule has 0 aliphatic carbocycles. The van der Waals surface area contributed by atoms with Crippen molar-refractivity contribution in [3.05, 3.63) is 106 Å². The number of ether oxygens (including phenoxy) is 2. The van der Waals surface area contributed by atoms with Gasteiger partial charge in [-0.15, -0.1) is 0 Å². The largest absolute Gasteiger partial charge is 0.493 e. The number of halogens is 2. The Balaban J connectivity index is 1.70. The minimum Gasteiger partial charge on any atom is -0.493 e. The molecule has 2 aromatic carbocycles. The third kappa shape index (κ3) is 7.20. The Morgan fingerprint density at radius 2 is 0.964 bits per heavy atom. The first-order valence-corrected chi connectivity index (χ1v) is 22.2. The van der Waals surface area contributed by atoms with Gasteiger partial charge in [-0.2, -0.15) is 0 Å². The standard InChI is InChI=1S/C48H52Br2N4O2/c1-9-35-27(5)45-43(31-15-13-17-33(23-31)55-21-19-49)46-29(7)37(11-3)41(53-46)26-42-38(12-4)30(8)48(54-42)44(32-16-14-18-34(24-32)56-22-20-50)47-28(6)36(10-2)40(52-47)25-39(35)51-45/h13-18,23-26,51,54H,9-12,19-22H2,1-8H3. The van der Waals surface area contributed by atoms with E-state index in [0.29, 0.717) is 13.2 Å². The lowest BCUT2D eigenvalue weighted by molar-refractivity contribution is 0.345. The monoisotopic (exact) mass is 874 g/mol. The van der Waals surface area contributed by atoms with Crippen LogP contribution >= 0.6 is 31.9 Å². The van der Waals surface area contributed by atoms with Gasteiger partial charge in [0, 0.05) is 32.8 Å². The van der Waals surface area contributed by atoms with Crippen molar-refractivity contribution in [2.45, 2.75) is 81.1 Å². The number of nitrogens with one attached hydrogen (secondary N) is 2. The minimum atomic E-state index is 0.590. The average molecular weight is 877 g/mol. The molecule has 6 nitrogen and oxygen atoms in total. The molecule has 3 aromatic heterocycles. The number of H-pyrrole nitrogens is 2. The Morgan fingerprint density at radius 3 is 1.32 bits per heavy atom. The van der Waals surface area contributed by atoms with E-state index in [4.69, 9.17) is 19.4 Å². The predicted molar refractivity (Wildman–Crippen MR) is 244 cm³/mol. The van der Waals surface area contributed by atoms with Gasteiger partial charge in [0.25, 0.3) is 0 Å². The van der Waals surface area contributed by atoms with Gasteiger partial charge in [-0.25, -0.2) is 9.97 Å². The maximum atomic E-state index is 6.15. The van der Waals surface area contributed by atoms with Gasteiger partial charge in [-0.1, -0.05) is 83.8 Å². The molecule has 8 heteroatoms. The van der Waals surface area contributed by atoms with Crippen LogP contribution in [-0.4, -0.2) is 43.8 Å². The van der Waals surface area contributed by atoms with Crippen molar-refractivity contribution >= 4 is 76.2 Å². The summed E-state index contributed by atoms with van der Waals surface area (Å²) >= 11 is 7.06. The molecule has 8 bridgehead atoms. The number of hydrogen-bond acceptors (Lipinski definition) is 4. The van der Waals surface area contributed by atoms with Crippen LogP contribution in [0.15, 0.2) is 60.7 Å². The molecule has 0 unspecified atom stereocenters. The third-order valence-corrected chi connectivity index (χ3v) is 12.1. The molecule has 0 saturated carbocycles. The minimum absolute atomic E-state index is 0.590. The predicted octanol–water partition coefficient (Wildman–Crippen LogP) is 13.6. The molecule has 0 saturated heterocycles. The molecule has 290 valence electrons. The van der Waals surface area contributed by atoms with Gasteiger partial charge in [0.15, 0.2) is 0 Å². The summed E-state index contributed by atoms with van der Waals surface area (Å²) in [7, 11) is 0. The summed E-state index contributed by atoms with van der Waals surface area (Å²) in [6.07, 6.45) is 3.47. The van der Waals surface area contributed by atoms with Gasteiger partial charge < -0.3 is 19.4 Å². The zero-order valence-corrected chi connectivity index (χ0v) is 37.1. The van der Waals surface area contributed by atoms with Gasteiger partial charge in [-0.05, 0) is 145 Å². The SMILES string of the molecule is CCC1=C(C)c2nc1cc1[nH]c(c(C)c1CC)c(-c1cccc(OCCBr)c1)c1nc(cc3[nH]c(c(C)c3CC)c2-c2cccc(OCCBr)c2)C(CC)=C1C. The second-order valence-corrected chi connectivity index (χ2v) is 16.1. The first-order chi connectivity index (χ1) is 27.2. The third-order valence-electron chi connectivity index (χ3n) is 11.4. The fourth-order valence-corrected chi connectivity index (χ4v) is 8.99. The number of nitrogens with zero attached hydrogens (tertiary/aromatic N) is 2. The maximum Gasteiger partial charge on any atom is 0.119 e. The summed E-state index contributed by atoms with van der Waals surface area (Å²) in [5.74, 6) is 1.68. The van der Waals surface area contributed by atoms with E-state index in [0.717, 1.165) is 115 Å². The van der Waals surface area contributed by atoms with E-state index in [1.165, 1.54) is 44.5 Å². The molecule has 2 aliphatic rings. The van der Waals surface area contributed by atoms with Crippen LogP contribution in [0.4, 0.5) is 0 Å². The highest BCUT2D eigenvalue weighted by Gasteiger charge is 2.26. The second kappa shape index (κ2) is 17.0. The number of aromatic amines is 2. The molecule has 5 aromatic rings. The fourth-order valence-electron chi connectivity index (χ4n) is 8.67. The molecular weight excluding hydrogens is 824 g/mol. The van der Waals surface area contributed by atoms with Crippen LogP contribution in [0.3, 0.4) is 0 Å². The van der Waals surface area contributed by atoms with Crippen LogP contribution in [0.2, 0.25) is 0 Å². The van der Waals surface area contributed by atoms with E-state index >= 15 is 0 Å². The molecular formula is C48H52Br2N4O2. The Bertz CT molecular complexity index is 2380. The molecule has 7 rings (SSSR count). The van der Waals surface area contributed by atoms with Crippen molar-refractivity contribution in [3.63, 3.8) is 0 Å². The van der Waals surface area contributed by atoms with Crippen LogP contribution in [0.25, 0.3) is 66.6 Å². The molecule has 0 spiro atoms. The first kappa shape index (κ1) is 39.8. The highest BCUT2D eigenvalue weighted by Crippen LogP contribution is 2.44. The zero-order chi connectivity index (χ0) is 39.7. The van der Waals surface area contributed by atoms with E-state index in [-0.39, 0.29) is 0 Å². The zero-order valence-electron chi connectivity index (χ0n) is 33.9. The number of fused-ring (bicyclic) bond motifs is 8. The summed E-state index contributed by atoms with van der Waals surface area (Å²) in [6, 6.07) is 21.5. The summed E-state index contributed by atoms with van der Waals surface area (Å²) < 4.78 is 12.3. The Hall–Kier alpha value is -4.40. The van der Waals surface area contributed by atoms with Gasteiger partial charge in [0.2, 0.25) is 0 Å². The molecule has 5 heterocycles. The van der Waals surface area contributed by atoms with Crippen LogP contribution in [0.5, 0.6) is 11.5 Å². The van der Waals surface area contributed by atoms with E-state index < -0.39 is 0 Å². The van der Waals surface area contributed by atoms with E-state index in [2.05, 4.69) is 146 Å². The Labute approximate surface area is 348 Å². The van der Waals surface area contributed by atoms with Gasteiger partial charge in [-0.3, -0.25) is 0 Å². The second-order valence-electron chi connectivity index (χ2n) is 14.5. The van der Waals surface area contributed by atoms with Crippen molar-refractivity contribution < 1.29 is 9.47 Å². The molecule has 0 amide bonds.